The van der Waals surface area contributed by atoms with Gasteiger partial charge in [0.05, 0.1) is 13.7 Å². The minimum atomic E-state index is -4.10. The number of rotatable bonds is 4. The largest absolute Gasteiger partial charge is 0.468 e. The summed E-state index contributed by atoms with van der Waals surface area (Å²) in [6, 6.07) is -0.898. The van der Waals surface area contributed by atoms with Crippen LogP contribution in [0.1, 0.15) is 26.2 Å². The monoisotopic (exact) mass is 294 g/mol. The number of amides is 1. The fourth-order valence-corrected chi connectivity index (χ4v) is 3.17. The standard InChI is InChI=1S/C10H18N2O6S/c1-3-18-10(14)11-19(15,16)12-7-5-4-6-8(12)9(13)17-2/h8H,3-7H2,1-2H3,(H,11,14). The molecule has 110 valence electrons. The maximum absolute atomic E-state index is 12.0. The molecule has 0 bridgehead atoms. The third kappa shape index (κ3) is 4.06. The first-order valence-corrected chi connectivity index (χ1v) is 7.40. The number of hydrogen-bond donors (Lipinski definition) is 1. The van der Waals surface area contributed by atoms with Gasteiger partial charge in [-0.05, 0) is 26.2 Å². The van der Waals surface area contributed by atoms with Crippen LogP contribution < -0.4 is 4.72 Å². The zero-order valence-electron chi connectivity index (χ0n) is 10.9. The van der Waals surface area contributed by atoms with Gasteiger partial charge in [-0.25, -0.2) is 9.52 Å². The van der Waals surface area contributed by atoms with E-state index in [0.29, 0.717) is 12.8 Å². The SMILES string of the molecule is CCOC(=O)NS(=O)(=O)N1CCCCC1C(=O)OC. The van der Waals surface area contributed by atoms with E-state index >= 15 is 0 Å². The van der Waals surface area contributed by atoms with Gasteiger partial charge in [0.15, 0.2) is 0 Å². The molecule has 1 aliphatic rings. The van der Waals surface area contributed by atoms with Gasteiger partial charge in [-0.3, -0.25) is 4.79 Å². The third-order valence-electron chi connectivity index (χ3n) is 2.72. The van der Waals surface area contributed by atoms with E-state index in [1.54, 1.807) is 11.6 Å². The van der Waals surface area contributed by atoms with Gasteiger partial charge in [0.1, 0.15) is 6.04 Å². The Labute approximate surface area is 112 Å². The highest BCUT2D eigenvalue weighted by Gasteiger charge is 2.38. The lowest BCUT2D eigenvalue weighted by Crippen LogP contribution is -2.53. The van der Waals surface area contributed by atoms with Crippen molar-refractivity contribution in [3.63, 3.8) is 0 Å². The van der Waals surface area contributed by atoms with Crippen molar-refractivity contribution >= 4 is 22.3 Å². The Morgan fingerprint density at radius 2 is 2.05 bits per heavy atom. The molecule has 0 aromatic carbocycles. The highest BCUT2D eigenvalue weighted by molar-refractivity contribution is 7.87. The topological polar surface area (TPSA) is 102 Å². The van der Waals surface area contributed by atoms with E-state index in [0.717, 1.165) is 10.7 Å². The van der Waals surface area contributed by atoms with E-state index in [4.69, 9.17) is 0 Å². The Balaban J connectivity index is 2.84. The van der Waals surface area contributed by atoms with Crippen LogP contribution >= 0.6 is 0 Å². The van der Waals surface area contributed by atoms with Gasteiger partial charge >= 0.3 is 22.3 Å². The second kappa shape index (κ2) is 6.71. The van der Waals surface area contributed by atoms with E-state index in [-0.39, 0.29) is 13.2 Å². The van der Waals surface area contributed by atoms with Gasteiger partial charge in [-0.2, -0.15) is 12.7 Å². The molecule has 0 aromatic rings. The Morgan fingerprint density at radius 3 is 2.63 bits per heavy atom. The minimum absolute atomic E-state index is 0.0573. The normalized spacial score (nSPS) is 20.6. The average molecular weight is 294 g/mol. The summed E-state index contributed by atoms with van der Waals surface area (Å²) < 4.78 is 35.8. The maximum atomic E-state index is 12.0. The Bertz CT molecular complexity index is 435. The van der Waals surface area contributed by atoms with E-state index in [9.17, 15) is 18.0 Å². The summed E-state index contributed by atoms with van der Waals surface area (Å²) in [5, 5.41) is 0. The summed E-state index contributed by atoms with van der Waals surface area (Å²) >= 11 is 0. The molecule has 0 radical (unpaired) electrons. The molecule has 8 nitrogen and oxygen atoms in total. The van der Waals surface area contributed by atoms with E-state index in [2.05, 4.69) is 9.47 Å². The van der Waals surface area contributed by atoms with Crippen molar-refractivity contribution in [2.75, 3.05) is 20.3 Å². The molecule has 1 heterocycles. The predicted molar refractivity (Wildman–Crippen MR) is 65.4 cm³/mol. The lowest BCUT2D eigenvalue weighted by atomic mass is 10.1. The molecule has 0 spiro atoms. The van der Waals surface area contributed by atoms with Crippen molar-refractivity contribution in [2.24, 2.45) is 0 Å². The van der Waals surface area contributed by atoms with Crippen LogP contribution in [0.5, 0.6) is 0 Å². The van der Waals surface area contributed by atoms with Gasteiger partial charge in [-0.15, -0.1) is 0 Å². The molecular formula is C10H18N2O6S. The zero-order valence-corrected chi connectivity index (χ0v) is 11.7. The van der Waals surface area contributed by atoms with E-state index in [1.165, 1.54) is 7.11 Å². The highest BCUT2D eigenvalue weighted by atomic mass is 32.2. The molecular weight excluding hydrogens is 276 g/mol. The van der Waals surface area contributed by atoms with Crippen molar-refractivity contribution in [3.05, 3.63) is 0 Å². The Hall–Kier alpha value is -1.35. The molecule has 1 amide bonds. The molecule has 0 aromatic heterocycles. The second-order valence-electron chi connectivity index (χ2n) is 3.97. The number of carbonyl (C=O) groups excluding carboxylic acids is 2. The van der Waals surface area contributed by atoms with Crippen molar-refractivity contribution in [3.8, 4) is 0 Å². The third-order valence-corrected chi connectivity index (χ3v) is 4.20. The van der Waals surface area contributed by atoms with Crippen molar-refractivity contribution in [1.29, 1.82) is 0 Å². The fourth-order valence-electron chi connectivity index (χ4n) is 1.89. The van der Waals surface area contributed by atoms with Crippen LogP contribution in [0.3, 0.4) is 0 Å². The van der Waals surface area contributed by atoms with Gasteiger partial charge in [0, 0.05) is 6.54 Å². The van der Waals surface area contributed by atoms with E-state index < -0.39 is 28.3 Å². The number of ether oxygens (including phenoxy) is 2. The van der Waals surface area contributed by atoms with Gasteiger partial charge in [0.2, 0.25) is 0 Å². The molecule has 0 aliphatic carbocycles. The molecule has 1 rings (SSSR count). The van der Waals surface area contributed by atoms with E-state index in [1.807, 2.05) is 0 Å². The number of esters is 1. The summed E-state index contributed by atoms with van der Waals surface area (Å²) in [5.74, 6) is -0.631. The Kier molecular flexibility index (Phi) is 5.55. The van der Waals surface area contributed by atoms with Gasteiger partial charge < -0.3 is 9.47 Å². The first-order valence-electron chi connectivity index (χ1n) is 5.96. The summed E-state index contributed by atoms with van der Waals surface area (Å²) in [6.07, 6.45) is 0.662. The summed E-state index contributed by atoms with van der Waals surface area (Å²) in [7, 11) is -2.91. The molecule has 1 fully saturated rings. The number of carbonyl (C=O) groups is 2. The highest BCUT2D eigenvalue weighted by Crippen LogP contribution is 2.20. The smallest absolute Gasteiger partial charge is 0.421 e. The molecule has 1 saturated heterocycles. The summed E-state index contributed by atoms with van der Waals surface area (Å²) in [6.45, 7) is 1.78. The molecule has 9 heteroatoms. The molecule has 0 saturated carbocycles. The van der Waals surface area contributed by atoms with Crippen LogP contribution in [-0.4, -0.2) is 51.1 Å². The molecule has 1 N–H and O–H groups in total. The van der Waals surface area contributed by atoms with Crippen molar-refractivity contribution in [1.82, 2.24) is 9.03 Å². The summed E-state index contributed by atoms with van der Waals surface area (Å²) in [5.41, 5.74) is 0. The molecule has 1 unspecified atom stereocenters. The van der Waals surface area contributed by atoms with Crippen LogP contribution in [0, 0.1) is 0 Å². The second-order valence-corrected chi connectivity index (χ2v) is 5.60. The number of methoxy groups -OCH3 is 1. The van der Waals surface area contributed by atoms with Crippen LogP contribution in [0.25, 0.3) is 0 Å². The average Bonchev–Trinajstić information content (AvgIpc) is 2.37. The lowest BCUT2D eigenvalue weighted by Gasteiger charge is -2.32. The van der Waals surface area contributed by atoms with Crippen molar-refractivity contribution < 1.29 is 27.5 Å². The van der Waals surface area contributed by atoms with Crippen molar-refractivity contribution in [2.45, 2.75) is 32.2 Å². The quantitative estimate of drug-likeness (QED) is 0.732. The maximum Gasteiger partial charge on any atom is 0.421 e. The first kappa shape index (κ1) is 15.7. The number of piperidine rings is 1. The number of hydrogen-bond acceptors (Lipinski definition) is 6. The first-order chi connectivity index (χ1) is 8.92. The molecule has 1 aliphatic heterocycles. The zero-order chi connectivity index (χ0) is 14.5. The lowest BCUT2D eigenvalue weighted by molar-refractivity contribution is -0.146. The van der Waals surface area contributed by atoms with Crippen LogP contribution in [0.4, 0.5) is 4.79 Å². The number of nitrogens with zero attached hydrogens (tertiary/aromatic N) is 1. The number of nitrogens with one attached hydrogen (secondary N) is 1. The molecule has 1 atom stereocenters. The Morgan fingerprint density at radius 1 is 1.37 bits per heavy atom. The van der Waals surface area contributed by atoms with Gasteiger partial charge in [-0.1, -0.05) is 0 Å². The molecule has 19 heavy (non-hydrogen) atoms. The van der Waals surface area contributed by atoms with Crippen LogP contribution in [-0.2, 0) is 24.5 Å². The van der Waals surface area contributed by atoms with Crippen LogP contribution in [0.2, 0.25) is 0 Å². The summed E-state index contributed by atoms with van der Waals surface area (Å²) in [4.78, 5) is 22.8. The fraction of sp³-hybridized carbons (Fsp3) is 0.800. The van der Waals surface area contributed by atoms with Gasteiger partial charge in [0.25, 0.3) is 0 Å². The minimum Gasteiger partial charge on any atom is -0.468 e. The van der Waals surface area contributed by atoms with Crippen LogP contribution in [0.15, 0.2) is 0 Å². The predicted octanol–water partition coefficient (Wildman–Crippen LogP) is 0.00480.